The van der Waals surface area contributed by atoms with Gasteiger partial charge in [-0.25, -0.2) is 0 Å². The van der Waals surface area contributed by atoms with Crippen molar-refractivity contribution in [2.75, 3.05) is 26.2 Å². The highest BCUT2D eigenvalue weighted by atomic mass is 16.4. The van der Waals surface area contributed by atoms with Gasteiger partial charge in [-0.2, -0.15) is 0 Å². The molecule has 0 aromatic heterocycles. The van der Waals surface area contributed by atoms with Crippen LogP contribution in [-0.2, 0) is 14.4 Å². The normalized spacial score (nSPS) is 15.3. The summed E-state index contributed by atoms with van der Waals surface area (Å²) < 4.78 is 0.614. The molecule has 246 valence electrons. The first-order valence-corrected chi connectivity index (χ1v) is 17.2. The molecule has 0 aromatic rings. The minimum Gasteiger partial charge on any atom is -0.481 e. The van der Waals surface area contributed by atoms with Crippen LogP contribution < -0.4 is 0 Å². The van der Waals surface area contributed by atoms with Crippen LogP contribution in [0.2, 0.25) is 0 Å². The molecule has 0 heterocycles. The van der Waals surface area contributed by atoms with E-state index in [9.17, 15) is 29.7 Å². The van der Waals surface area contributed by atoms with Crippen LogP contribution in [0, 0.1) is 17.8 Å². The molecule has 3 unspecified atom stereocenters. The Morgan fingerprint density at radius 3 is 1.12 bits per heavy atom. The van der Waals surface area contributed by atoms with Gasteiger partial charge in [0, 0.05) is 19.3 Å². The van der Waals surface area contributed by atoms with E-state index < -0.39 is 35.7 Å². The van der Waals surface area contributed by atoms with Gasteiger partial charge < -0.3 is 19.8 Å². The fourth-order valence-corrected chi connectivity index (χ4v) is 5.56. The number of allylic oxidation sites excluding steroid dienone is 2. The third kappa shape index (κ3) is 21.8. The van der Waals surface area contributed by atoms with Crippen molar-refractivity contribution in [3.63, 3.8) is 0 Å². The van der Waals surface area contributed by atoms with Gasteiger partial charge in [0.1, 0.15) is 0 Å². The largest absolute Gasteiger partial charge is 0.481 e. The van der Waals surface area contributed by atoms with Crippen LogP contribution in [0.1, 0.15) is 150 Å². The average Bonchev–Trinajstić information content (AvgIpc) is 2.96. The highest BCUT2D eigenvalue weighted by molar-refractivity contribution is 5.70. The zero-order valence-corrected chi connectivity index (χ0v) is 27.7. The molecule has 0 spiro atoms. The van der Waals surface area contributed by atoms with Gasteiger partial charge in [-0.1, -0.05) is 110 Å². The number of rotatable bonds is 30. The first-order chi connectivity index (χ1) is 20.0. The summed E-state index contributed by atoms with van der Waals surface area (Å²) in [6.07, 6.45) is 26.4. The molecule has 3 N–H and O–H groups in total. The predicted molar refractivity (Wildman–Crippen MR) is 173 cm³/mol. The maximum Gasteiger partial charge on any atom is 0.306 e. The smallest absolute Gasteiger partial charge is 0.306 e. The molecule has 0 bridgehead atoms. The van der Waals surface area contributed by atoms with Crippen LogP contribution in [0.4, 0.5) is 0 Å². The van der Waals surface area contributed by atoms with Gasteiger partial charge in [-0.3, -0.25) is 14.4 Å². The molecule has 0 aliphatic heterocycles. The van der Waals surface area contributed by atoms with Crippen molar-refractivity contribution in [2.45, 2.75) is 150 Å². The molecule has 7 nitrogen and oxygen atoms in total. The van der Waals surface area contributed by atoms with Gasteiger partial charge in [-0.05, 0) is 32.1 Å². The van der Waals surface area contributed by atoms with Crippen molar-refractivity contribution in [3.05, 3.63) is 12.2 Å². The molecule has 42 heavy (non-hydrogen) atoms. The quantitative estimate of drug-likeness (QED) is 0.0433. The maximum absolute atomic E-state index is 11.5. The molecule has 0 amide bonds. The summed E-state index contributed by atoms with van der Waals surface area (Å²) in [5.41, 5.74) is 0. The Bertz CT molecular complexity index is 677. The summed E-state index contributed by atoms with van der Waals surface area (Å²) in [6.45, 7) is 10.1. The molecule has 0 rings (SSSR count). The number of carbonyl (C=O) groups is 3. The third-order valence-corrected chi connectivity index (χ3v) is 9.03. The van der Waals surface area contributed by atoms with Crippen molar-refractivity contribution in [3.8, 4) is 0 Å². The number of hydrogen-bond donors (Lipinski definition) is 3. The molecule has 0 aliphatic rings. The lowest BCUT2D eigenvalue weighted by atomic mass is 10.0. The average molecular weight is 597 g/mol. The number of aliphatic carboxylic acids is 3. The van der Waals surface area contributed by atoms with Crippen molar-refractivity contribution in [1.82, 2.24) is 0 Å². The summed E-state index contributed by atoms with van der Waals surface area (Å²) >= 11 is 0. The summed E-state index contributed by atoms with van der Waals surface area (Å²) in [4.78, 5) is 34.5. The summed E-state index contributed by atoms with van der Waals surface area (Å²) in [6, 6.07) is 0. The Morgan fingerprint density at radius 2 is 0.810 bits per heavy atom. The van der Waals surface area contributed by atoms with Crippen molar-refractivity contribution in [2.24, 2.45) is 17.8 Å². The first-order valence-electron chi connectivity index (χ1n) is 17.2. The first kappa shape index (κ1) is 40.1. The molecule has 0 saturated carbocycles. The van der Waals surface area contributed by atoms with Crippen molar-refractivity contribution >= 4 is 17.9 Å². The molecule has 0 radical (unpaired) electrons. The summed E-state index contributed by atoms with van der Waals surface area (Å²) in [5.74, 6) is -3.90. The summed E-state index contributed by atoms with van der Waals surface area (Å²) in [7, 11) is 0. The lowest BCUT2D eigenvalue weighted by Gasteiger charge is -2.40. The van der Waals surface area contributed by atoms with E-state index in [4.69, 9.17) is 0 Å². The van der Waals surface area contributed by atoms with Crippen LogP contribution in [0.15, 0.2) is 12.2 Å². The number of nitrogens with zero attached hydrogens (tertiary/aromatic N) is 1. The number of carboxylic acids is 3. The Morgan fingerprint density at radius 1 is 0.500 bits per heavy atom. The minimum absolute atomic E-state index is 0.478. The van der Waals surface area contributed by atoms with Crippen LogP contribution in [0.5, 0.6) is 0 Å². The number of hydrogen-bond acceptors (Lipinski definition) is 3. The SMILES string of the molecule is CC/C=C/CCCCCCCCCCCCCCCC[N+](CCC(C)C(=O)O)(CCC(C)C(=O)O)CCC(C)C(=O)O. The van der Waals surface area contributed by atoms with E-state index in [1.54, 1.807) is 20.8 Å². The molecule has 0 aliphatic carbocycles. The number of carboxylic acid groups (broad SMARTS) is 3. The van der Waals surface area contributed by atoms with E-state index >= 15 is 0 Å². The van der Waals surface area contributed by atoms with Gasteiger partial charge in [0.15, 0.2) is 0 Å². The highest BCUT2D eigenvalue weighted by Gasteiger charge is 2.31. The molecule has 0 aromatic carbocycles. The topological polar surface area (TPSA) is 112 Å². The standard InChI is InChI=1S/C35H65NO6/c1-5-6-7-8-9-10-11-12-13-14-15-16-17-18-19-20-21-22-26-36(27-23-30(2)33(37)38,28-24-31(3)34(39)40)29-25-32(4)35(41)42/h6-7,30-32H,5,8-29H2,1-4H3,(H2-,37,38,39,40,41,42)/p+1/b7-6+. The Kier molecular flexibility index (Phi) is 24.4. The van der Waals surface area contributed by atoms with Crippen molar-refractivity contribution < 1.29 is 34.2 Å². The molecular formula is C35H66NO6+. The van der Waals surface area contributed by atoms with Gasteiger partial charge in [0.2, 0.25) is 0 Å². The van der Waals surface area contributed by atoms with Crippen LogP contribution >= 0.6 is 0 Å². The fourth-order valence-electron chi connectivity index (χ4n) is 5.56. The maximum atomic E-state index is 11.5. The van der Waals surface area contributed by atoms with E-state index in [1.165, 1.54) is 83.5 Å². The molecule has 3 atom stereocenters. The molecule has 0 saturated heterocycles. The van der Waals surface area contributed by atoms with E-state index in [-0.39, 0.29) is 0 Å². The van der Waals surface area contributed by atoms with Gasteiger partial charge in [-0.15, -0.1) is 0 Å². The van der Waals surface area contributed by atoms with Gasteiger partial charge in [0.25, 0.3) is 0 Å². The van der Waals surface area contributed by atoms with E-state index in [0.29, 0.717) is 43.4 Å². The summed E-state index contributed by atoms with van der Waals surface area (Å²) in [5, 5.41) is 28.3. The van der Waals surface area contributed by atoms with E-state index in [0.717, 1.165) is 25.8 Å². The zero-order chi connectivity index (χ0) is 31.6. The molecule has 7 heteroatoms. The van der Waals surface area contributed by atoms with E-state index in [1.807, 2.05) is 0 Å². The van der Waals surface area contributed by atoms with E-state index in [2.05, 4.69) is 19.1 Å². The lowest BCUT2D eigenvalue weighted by molar-refractivity contribution is -0.929. The third-order valence-electron chi connectivity index (χ3n) is 9.03. The number of quaternary nitrogens is 1. The van der Waals surface area contributed by atoms with Crippen LogP contribution in [0.25, 0.3) is 0 Å². The second kappa shape index (κ2) is 25.6. The van der Waals surface area contributed by atoms with Gasteiger partial charge in [0.05, 0.1) is 43.9 Å². The Labute approximate surface area is 257 Å². The van der Waals surface area contributed by atoms with Gasteiger partial charge >= 0.3 is 17.9 Å². The zero-order valence-electron chi connectivity index (χ0n) is 27.7. The molecule has 0 fully saturated rings. The van der Waals surface area contributed by atoms with Crippen LogP contribution in [-0.4, -0.2) is 63.9 Å². The fraction of sp³-hybridized carbons (Fsp3) is 0.857. The second-order valence-electron chi connectivity index (χ2n) is 12.9. The van der Waals surface area contributed by atoms with Crippen LogP contribution in [0.3, 0.4) is 0 Å². The minimum atomic E-state index is -0.822. The Hall–Kier alpha value is -1.89. The van der Waals surface area contributed by atoms with Crippen molar-refractivity contribution in [1.29, 1.82) is 0 Å². The number of unbranched alkanes of at least 4 members (excludes halogenated alkanes) is 14. The monoisotopic (exact) mass is 596 g/mol. The predicted octanol–water partition coefficient (Wildman–Crippen LogP) is 8.95. The highest BCUT2D eigenvalue weighted by Crippen LogP contribution is 2.22. The lowest BCUT2D eigenvalue weighted by Crippen LogP contribution is -2.52. The molecular weight excluding hydrogens is 530 g/mol. The second-order valence-corrected chi connectivity index (χ2v) is 12.9. The Balaban J connectivity index is 4.48.